The molecular formula is C11H21NO2. The maximum Gasteiger partial charge on any atom is 0.152 e. The van der Waals surface area contributed by atoms with Crippen molar-refractivity contribution in [1.82, 2.24) is 4.90 Å². The summed E-state index contributed by atoms with van der Waals surface area (Å²) in [6, 6.07) is 0.487. The summed E-state index contributed by atoms with van der Waals surface area (Å²) in [6.45, 7) is 6.25. The lowest BCUT2D eigenvalue weighted by Crippen LogP contribution is -2.36. The van der Waals surface area contributed by atoms with Crippen molar-refractivity contribution in [2.24, 2.45) is 5.92 Å². The van der Waals surface area contributed by atoms with Gasteiger partial charge < -0.3 is 4.74 Å². The molecule has 2 atom stereocenters. The van der Waals surface area contributed by atoms with Crippen molar-refractivity contribution >= 4 is 5.78 Å². The van der Waals surface area contributed by atoms with Crippen molar-refractivity contribution in [2.45, 2.75) is 32.7 Å². The molecule has 0 spiro atoms. The van der Waals surface area contributed by atoms with E-state index in [0.29, 0.717) is 25.0 Å². The molecule has 1 saturated heterocycles. The summed E-state index contributed by atoms with van der Waals surface area (Å²) in [5.74, 6) is 0.492. The maximum atomic E-state index is 11.8. The standard InChI is InChI=1S/C11H21NO2/c1-4-9(2)12(3)7-11(13)10-5-6-14-8-10/h9-10H,4-8H2,1-3H3. The predicted molar refractivity (Wildman–Crippen MR) is 56.3 cm³/mol. The molecule has 1 fully saturated rings. The molecule has 0 saturated carbocycles. The zero-order chi connectivity index (χ0) is 10.6. The second-order valence-corrected chi connectivity index (χ2v) is 4.20. The molecule has 0 aromatic carbocycles. The Balaban J connectivity index is 2.31. The number of likely N-dealkylation sites (N-methyl/N-ethyl adjacent to an activating group) is 1. The number of Topliss-reactive ketones (excluding diaryl/α,β-unsaturated/α-hetero) is 1. The van der Waals surface area contributed by atoms with Gasteiger partial charge in [0.05, 0.1) is 13.2 Å². The van der Waals surface area contributed by atoms with E-state index in [1.807, 2.05) is 7.05 Å². The quantitative estimate of drug-likeness (QED) is 0.669. The topological polar surface area (TPSA) is 29.5 Å². The zero-order valence-corrected chi connectivity index (χ0v) is 9.45. The van der Waals surface area contributed by atoms with Crippen LogP contribution < -0.4 is 0 Å². The van der Waals surface area contributed by atoms with Crippen molar-refractivity contribution < 1.29 is 9.53 Å². The molecule has 82 valence electrons. The van der Waals surface area contributed by atoms with Crippen molar-refractivity contribution in [3.8, 4) is 0 Å². The Morgan fingerprint density at radius 3 is 2.86 bits per heavy atom. The average Bonchev–Trinajstić information content (AvgIpc) is 2.69. The van der Waals surface area contributed by atoms with Gasteiger partial charge in [-0.25, -0.2) is 0 Å². The molecule has 0 N–H and O–H groups in total. The van der Waals surface area contributed by atoms with E-state index in [2.05, 4.69) is 18.7 Å². The molecule has 1 heterocycles. The number of ether oxygens (including phenoxy) is 1. The Bertz CT molecular complexity index is 188. The van der Waals surface area contributed by atoms with Gasteiger partial charge in [0.25, 0.3) is 0 Å². The molecule has 0 radical (unpaired) electrons. The monoisotopic (exact) mass is 199 g/mol. The third-order valence-corrected chi connectivity index (χ3v) is 3.13. The Kier molecular flexibility index (Phi) is 4.55. The number of nitrogens with zero attached hydrogens (tertiary/aromatic N) is 1. The summed E-state index contributed by atoms with van der Waals surface area (Å²) >= 11 is 0. The van der Waals surface area contributed by atoms with E-state index in [1.165, 1.54) is 0 Å². The minimum Gasteiger partial charge on any atom is -0.381 e. The Morgan fingerprint density at radius 2 is 2.36 bits per heavy atom. The van der Waals surface area contributed by atoms with Crippen molar-refractivity contribution in [3.63, 3.8) is 0 Å². The van der Waals surface area contributed by atoms with Gasteiger partial charge in [-0.05, 0) is 26.8 Å². The first-order chi connectivity index (χ1) is 6.65. The van der Waals surface area contributed by atoms with Crippen molar-refractivity contribution in [1.29, 1.82) is 0 Å². The summed E-state index contributed by atoms with van der Waals surface area (Å²) in [7, 11) is 2.02. The van der Waals surface area contributed by atoms with Crippen LogP contribution in [0, 0.1) is 5.92 Å². The van der Waals surface area contributed by atoms with Gasteiger partial charge in [0.1, 0.15) is 0 Å². The van der Waals surface area contributed by atoms with Gasteiger partial charge in [-0.2, -0.15) is 0 Å². The normalized spacial score (nSPS) is 24.1. The van der Waals surface area contributed by atoms with Gasteiger partial charge in [-0.15, -0.1) is 0 Å². The number of ketones is 1. The molecule has 0 bridgehead atoms. The van der Waals surface area contributed by atoms with E-state index < -0.39 is 0 Å². The van der Waals surface area contributed by atoms with Crippen LogP contribution in [0.25, 0.3) is 0 Å². The largest absolute Gasteiger partial charge is 0.381 e. The van der Waals surface area contributed by atoms with E-state index in [-0.39, 0.29) is 5.92 Å². The lowest BCUT2D eigenvalue weighted by molar-refractivity contribution is -0.124. The molecule has 0 amide bonds. The summed E-state index contributed by atoms with van der Waals surface area (Å²) in [5, 5.41) is 0. The smallest absolute Gasteiger partial charge is 0.152 e. The molecule has 1 aliphatic rings. The minimum absolute atomic E-state index is 0.154. The first-order valence-electron chi connectivity index (χ1n) is 5.45. The molecule has 3 nitrogen and oxygen atoms in total. The number of hydrogen-bond donors (Lipinski definition) is 0. The minimum atomic E-state index is 0.154. The fourth-order valence-corrected chi connectivity index (χ4v) is 1.63. The molecule has 1 aliphatic heterocycles. The third-order valence-electron chi connectivity index (χ3n) is 3.13. The molecule has 0 aromatic rings. The van der Waals surface area contributed by atoms with Crippen LogP contribution in [0.2, 0.25) is 0 Å². The first-order valence-corrected chi connectivity index (χ1v) is 5.45. The first kappa shape index (κ1) is 11.7. The molecule has 14 heavy (non-hydrogen) atoms. The molecular weight excluding hydrogens is 178 g/mol. The molecule has 0 aliphatic carbocycles. The lowest BCUT2D eigenvalue weighted by Gasteiger charge is -2.23. The SMILES string of the molecule is CCC(C)N(C)CC(=O)C1CCOC1. The fraction of sp³-hybridized carbons (Fsp3) is 0.909. The van der Waals surface area contributed by atoms with Gasteiger partial charge in [0.2, 0.25) is 0 Å². The summed E-state index contributed by atoms with van der Waals surface area (Å²) < 4.78 is 5.21. The Hall–Kier alpha value is -0.410. The number of carbonyl (C=O) groups is 1. The molecule has 1 rings (SSSR count). The van der Waals surface area contributed by atoms with Gasteiger partial charge in [-0.3, -0.25) is 9.69 Å². The molecule has 2 unspecified atom stereocenters. The number of hydrogen-bond acceptors (Lipinski definition) is 3. The van der Waals surface area contributed by atoms with Gasteiger partial charge >= 0.3 is 0 Å². The predicted octanol–water partition coefficient (Wildman–Crippen LogP) is 1.32. The van der Waals surface area contributed by atoms with Gasteiger partial charge in [0.15, 0.2) is 5.78 Å². The summed E-state index contributed by atoms with van der Waals surface area (Å²) in [6.07, 6.45) is 2.00. The van der Waals surface area contributed by atoms with Crippen LogP contribution >= 0.6 is 0 Å². The van der Waals surface area contributed by atoms with Gasteiger partial charge in [0, 0.05) is 18.6 Å². The summed E-state index contributed by atoms with van der Waals surface area (Å²) in [5.41, 5.74) is 0. The van der Waals surface area contributed by atoms with Crippen LogP contribution in [-0.2, 0) is 9.53 Å². The van der Waals surface area contributed by atoms with E-state index in [4.69, 9.17) is 4.74 Å². The highest BCUT2D eigenvalue weighted by atomic mass is 16.5. The highest BCUT2D eigenvalue weighted by Gasteiger charge is 2.24. The van der Waals surface area contributed by atoms with Crippen molar-refractivity contribution in [3.05, 3.63) is 0 Å². The van der Waals surface area contributed by atoms with Crippen LogP contribution in [0.5, 0.6) is 0 Å². The second kappa shape index (κ2) is 5.47. The molecule has 0 aromatic heterocycles. The van der Waals surface area contributed by atoms with E-state index in [1.54, 1.807) is 0 Å². The lowest BCUT2D eigenvalue weighted by atomic mass is 10.0. The second-order valence-electron chi connectivity index (χ2n) is 4.20. The molecule has 3 heteroatoms. The highest BCUT2D eigenvalue weighted by molar-refractivity contribution is 5.83. The van der Waals surface area contributed by atoms with Crippen LogP contribution in [0.15, 0.2) is 0 Å². The van der Waals surface area contributed by atoms with E-state index >= 15 is 0 Å². The number of rotatable bonds is 5. The Labute approximate surface area is 86.4 Å². The third kappa shape index (κ3) is 3.07. The van der Waals surface area contributed by atoms with E-state index in [0.717, 1.165) is 19.4 Å². The fourth-order valence-electron chi connectivity index (χ4n) is 1.63. The zero-order valence-electron chi connectivity index (χ0n) is 9.45. The van der Waals surface area contributed by atoms with Crippen LogP contribution in [0.3, 0.4) is 0 Å². The van der Waals surface area contributed by atoms with Crippen LogP contribution in [0.4, 0.5) is 0 Å². The van der Waals surface area contributed by atoms with Crippen LogP contribution in [-0.4, -0.2) is 43.5 Å². The maximum absolute atomic E-state index is 11.8. The highest BCUT2D eigenvalue weighted by Crippen LogP contribution is 2.14. The Morgan fingerprint density at radius 1 is 1.64 bits per heavy atom. The van der Waals surface area contributed by atoms with Gasteiger partial charge in [-0.1, -0.05) is 6.92 Å². The average molecular weight is 199 g/mol. The summed E-state index contributed by atoms with van der Waals surface area (Å²) in [4.78, 5) is 13.9. The number of carbonyl (C=O) groups excluding carboxylic acids is 1. The van der Waals surface area contributed by atoms with Crippen LogP contribution in [0.1, 0.15) is 26.7 Å². The van der Waals surface area contributed by atoms with Crippen molar-refractivity contribution in [2.75, 3.05) is 26.8 Å². The van der Waals surface area contributed by atoms with E-state index in [9.17, 15) is 4.79 Å².